The van der Waals surface area contributed by atoms with Gasteiger partial charge in [-0.05, 0) is 67.6 Å². The van der Waals surface area contributed by atoms with Crippen molar-refractivity contribution >= 4 is 17.7 Å². The summed E-state index contributed by atoms with van der Waals surface area (Å²) in [6, 6.07) is 4.27. The van der Waals surface area contributed by atoms with E-state index in [4.69, 9.17) is 4.74 Å². The molecule has 4 N–H and O–H groups in total. The molecule has 3 fully saturated rings. The van der Waals surface area contributed by atoms with Crippen LogP contribution in [0.4, 0.5) is 23.7 Å². The van der Waals surface area contributed by atoms with Crippen molar-refractivity contribution in [3.63, 3.8) is 0 Å². The third kappa shape index (κ3) is 5.51. The first kappa shape index (κ1) is 28.6. The van der Waals surface area contributed by atoms with Crippen LogP contribution in [0.25, 0.3) is 0 Å². The van der Waals surface area contributed by atoms with E-state index in [1.54, 1.807) is 4.90 Å². The maximum absolute atomic E-state index is 13.0. The van der Waals surface area contributed by atoms with E-state index in [1.807, 2.05) is 13.8 Å². The normalized spacial score (nSPS) is 35.5. The molecular weight excluding hydrogens is 505 g/mol. The Bertz CT molecular complexity index is 1040. The Kier molecular flexibility index (Phi) is 8.03. The number of benzene rings is 1. The summed E-state index contributed by atoms with van der Waals surface area (Å²) in [5, 5.41) is 33.7. The molecule has 2 saturated carbocycles. The monoisotopic (exact) mass is 542 g/mol. The molecule has 212 valence electrons. The van der Waals surface area contributed by atoms with E-state index in [9.17, 15) is 38.1 Å². The number of rotatable bonds is 5. The molecule has 11 heteroatoms. The van der Waals surface area contributed by atoms with Gasteiger partial charge in [0.25, 0.3) is 0 Å². The SMILES string of the molecule is C[C@]1(CO)C2CC[C@@H](O)[C@@H](CC(=O)N3CC[C@@H](O)C3)[C@]2(C)CC[C@H]1OC(=O)Nc1cccc(C(F)(F)F)c1. The molecule has 7 atom stereocenters. The number of nitrogens with one attached hydrogen (secondary N) is 1. The second-order valence-electron chi connectivity index (χ2n) is 11.6. The highest BCUT2D eigenvalue weighted by atomic mass is 19.4. The first-order valence-corrected chi connectivity index (χ1v) is 13.2. The van der Waals surface area contributed by atoms with Crippen LogP contribution in [0.1, 0.15) is 57.9 Å². The number of aliphatic hydroxyl groups is 3. The number of carbonyl (C=O) groups is 2. The zero-order chi connectivity index (χ0) is 27.9. The fourth-order valence-electron chi connectivity index (χ4n) is 7.12. The summed E-state index contributed by atoms with van der Waals surface area (Å²) in [4.78, 5) is 27.4. The molecule has 2 amide bonds. The smallest absolute Gasteiger partial charge is 0.416 e. The van der Waals surface area contributed by atoms with Gasteiger partial charge in [0.15, 0.2) is 0 Å². The predicted molar refractivity (Wildman–Crippen MR) is 132 cm³/mol. The first-order chi connectivity index (χ1) is 17.8. The van der Waals surface area contributed by atoms with Gasteiger partial charge in [0.2, 0.25) is 5.91 Å². The van der Waals surface area contributed by atoms with Crippen molar-refractivity contribution in [2.24, 2.45) is 22.7 Å². The largest absolute Gasteiger partial charge is 0.445 e. The average molecular weight is 543 g/mol. The summed E-state index contributed by atoms with van der Waals surface area (Å²) >= 11 is 0. The van der Waals surface area contributed by atoms with Crippen LogP contribution in [0.3, 0.4) is 0 Å². The van der Waals surface area contributed by atoms with Gasteiger partial charge >= 0.3 is 12.3 Å². The maximum atomic E-state index is 13.0. The van der Waals surface area contributed by atoms with Crippen molar-refractivity contribution in [2.75, 3.05) is 25.0 Å². The number of halogens is 3. The summed E-state index contributed by atoms with van der Waals surface area (Å²) in [6.45, 7) is 4.31. The lowest BCUT2D eigenvalue weighted by atomic mass is 9.46. The maximum Gasteiger partial charge on any atom is 0.416 e. The minimum atomic E-state index is -4.55. The van der Waals surface area contributed by atoms with Crippen LogP contribution < -0.4 is 5.32 Å². The molecule has 1 aromatic rings. The van der Waals surface area contributed by atoms with E-state index >= 15 is 0 Å². The van der Waals surface area contributed by atoms with Crippen molar-refractivity contribution in [3.8, 4) is 0 Å². The summed E-state index contributed by atoms with van der Waals surface area (Å²) in [5.41, 5.74) is -2.35. The predicted octanol–water partition coefficient (Wildman–Crippen LogP) is 3.79. The van der Waals surface area contributed by atoms with Crippen molar-refractivity contribution in [1.82, 2.24) is 4.90 Å². The van der Waals surface area contributed by atoms with Gasteiger partial charge in [0.05, 0.1) is 24.4 Å². The van der Waals surface area contributed by atoms with Crippen LogP contribution in [-0.2, 0) is 15.7 Å². The second kappa shape index (κ2) is 10.7. The molecule has 4 rings (SSSR count). The minimum Gasteiger partial charge on any atom is -0.445 e. The number of hydrogen-bond acceptors (Lipinski definition) is 6. The van der Waals surface area contributed by atoms with Gasteiger partial charge in [-0.1, -0.05) is 19.9 Å². The molecule has 1 unspecified atom stereocenters. The second-order valence-corrected chi connectivity index (χ2v) is 11.6. The van der Waals surface area contributed by atoms with Gasteiger partial charge < -0.3 is 25.0 Å². The third-order valence-electron chi connectivity index (χ3n) is 9.27. The molecule has 8 nitrogen and oxygen atoms in total. The van der Waals surface area contributed by atoms with Crippen LogP contribution in [0.15, 0.2) is 24.3 Å². The Hall–Kier alpha value is -2.37. The molecule has 0 radical (unpaired) electrons. The highest BCUT2D eigenvalue weighted by molar-refractivity contribution is 5.84. The van der Waals surface area contributed by atoms with Crippen LogP contribution in [0.5, 0.6) is 0 Å². The third-order valence-corrected chi connectivity index (χ3v) is 9.27. The summed E-state index contributed by atoms with van der Waals surface area (Å²) < 4.78 is 44.8. The van der Waals surface area contributed by atoms with E-state index in [0.717, 1.165) is 12.1 Å². The van der Waals surface area contributed by atoms with Crippen LogP contribution >= 0.6 is 0 Å². The molecule has 1 aliphatic heterocycles. The molecule has 0 aromatic heterocycles. The van der Waals surface area contributed by atoms with E-state index in [-0.39, 0.29) is 43.0 Å². The molecule has 1 aromatic carbocycles. The molecule has 1 heterocycles. The first-order valence-electron chi connectivity index (χ1n) is 13.2. The van der Waals surface area contributed by atoms with Gasteiger partial charge in [-0.15, -0.1) is 0 Å². The van der Waals surface area contributed by atoms with E-state index < -0.39 is 47.0 Å². The van der Waals surface area contributed by atoms with Gasteiger partial charge in [-0.3, -0.25) is 10.1 Å². The fraction of sp³-hybridized carbons (Fsp3) is 0.704. The van der Waals surface area contributed by atoms with Gasteiger partial charge in [0, 0.05) is 30.6 Å². The standard InChI is InChI=1S/C27H37F3N2O6/c1-25-10-8-22(38-24(37)31-17-5-3-4-16(12-17)27(28,29)30)26(2,15-33)21(25)7-6-20(35)19(25)13-23(36)32-11-9-18(34)14-32/h3-5,12,18-22,33-35H,6-11,13-15H2,1-2H3,(H,31,37)/t18-,19-,20-,21?,22-,25+,26+/m1/s1. The number of anilines is 1. The van der Waals surface area contributed by atoms with Crippen LogP contribution in [0.2, 0.25) is 0 Å². The topological polar surface area (TPSA) is 119 Å². The number of alkyl halides is 3. The van der Waals surface area contributed by atoms with Crippen molar-refractivity contribution < 1.29 is 42.8 Å². The highest BCUT2D eigenvalue weighted by Gasteiger charge is 2.60. The zero-order valence-electron chi connectivity index (χ0n) is 21.7. The number of hydrogen-bond donors (Lipinski definition) is 4. The number of fused-ring (bicyclic) bond motifs is 1. The number of likely N-dealkylation sites (tertiary alicyclic amines) is 1. The van der Waals surface area contributed by atoms with Gasteiger partial charge in [0.1, 0.15) is 6.10 Å². The minimum absolute atomic E-state index is 0.0532. The molecule has 0 spiro atoms. The number of nitrogens with zero attached hydrogens (tertiary/aromatic N) is 1. The Labute approximate surface area is 220 Å². The van der Waals surface area contributed by atoms with Crippen molar-refractivity contribution in [1.29, 1.82) is 0 Å². The van der Waals surface area contributed by atoms with E-state index in [2.05, 4.69) is 5.32 Å². The van der Waals surface area contributed by atoms with Gasteiger partial charge in [-0.25, -0.2) is 4.79 Å². The average Bonchev–Trinajstić information content (AvgIpc) is 3.29. The van der Waals surface area contributed by atoms with Crippen LogP contribution in [-0.4, -0.2) is 70.2 Å². The van der Waals surface area contributed by atoms with Crippen molar-refractivity contribution in [3.05, 3.63) is 29.8 Å². The molecule has 0 bridgehead atoms. The Balaban J connectivity index is 1.48. The lowest BCUT2D eigenvalue weighted by Gasteiger charge is -2.60. The zero-order valence-corrected chi connectivity index (χ0v) is 21.7. The van der Waals surface area contributed by atoms with E-state index in [0.29, 0.717) is 38.6 Å². The molecule has 3 aliphatic rings. The number of aliphatic hydroxyl groups excluding tert-OH is 3. The summed E-state index contributed by atoms with van der Waals surface area (Å²) in [6.07, 6.45) is -4.86. The Morgan fingerprint density at radius 1 is 1.16 bits per heavy atom. The molecule has 1 saturated heterocycles. The quantitative estimate of drug-likeness (QED) is 0.450. The molecule has 38 heavy (non-hydrogen) atoms. The molecular formula is C27H37F3N2O6. The summed E-state index contributed by atoms with van der Waals surface area (Å²) in [7, 11) is 0. The van der Waals surface area contributed by atoms with Crippen molar-refractivity contribution in [2.45, 2.75) is 76.9 Å². The van der Waals surface area contributed by atoms with Gasteiger partial charge in [-0.2, -0.15) is 13.2 Å². The lowest BCUT2D eigenvalue weighted by Crippen LogP contribution is -2.61. The fourth-order valence-corrected chi connectivity index (χ4v) is 7.12. The summed E-state index contributed by atoms with van der Waals surface area (Å²) in [5.74, 6) is -0.653. The number of amides is 2. The highest BCUT2D eigenvalue weighted by Crippen LogP contribution is 2.61. The molecule has 2 aliphatic carbocycles. The Morgan fingerprint density at radius 2 is 1.89 bits per heavy atom. The lowest BCUT2D eigenvalue weighted by molar-refractivity contribution is -0.186. The van der Waals surface area contributed by atoms with Crippen LogP contribution in [0, 0.1) is 22.7 Å². The number of ether oxygens (including phenoxy) is 1. The number of β-amino-alcohol motifs (C(OH)–C–C–N with tert-alkyl or cyclic N) is 1. The number of carbonyl (C=O) groups excluding carboxylic acids is 2. The van der Waals surface area contributed by atoms with E-state index in [1.165, 1.54) is 12.1 Å². The Morgan fingerprint density at radius 3 is 2.53 bits per heavy atom.